The molecule has 0 N–H and O–H groups in total. The minimum Gasteiger partial charge on any atom is -0.417 e. The summed E-state index contributed by atoms with van der Waals surface area (Å²) in [5.41, 5.74) is 0. The van der Waals surface area contributed by atoms with Crippen molar-refractivity contribution < 1.29 is 14.3 Å². The van der Waals surface area contributed by atoms with Gasteiger partial charge in [0.25, 0.3) is 0 Å². The Morgan fingerprint density at radius 3 is 2.29 bits per heavy atom. The van der Waals surface area contributed by atoms with Crippen molar-refractivity contribution in [3.05, 3.63) is 0 Å². The summed E-state index contributed by atoms with van der Waals surface area (Å²) in [6.45, 7) is 5.07. The van der Waals surface area contributed by atoms with Gasteiger partial charge in [0.2, 0.25) is 5.79 Å². The molecule has 4 nitrogen and oxygen atoms in total. The topological polar surface area (TPSA) is 38.8 Å². The number of hydrogen-bond donors (Lipinski definition) is 0. The van der Waals surface area contributed by atoms with E-state index in [1.807, 2.05) is 0 Å². The fraction of sp³-hybridized carbons (Fsp3) is 0.900. The Balaban J connectivity index is 2.40. The third-order valence-corrected chi connectivity index (χ3v) is 2.44. The summed E-state index contributed by atoms with van der Waals surface area (Å²) in [6.07, 6.45) is 3.08. The molecule has 0 bridgehead atoms. The largest absolute Gasteiger partial charge is 0.417 e. The Bertz CT molecular complexity index is 198. The lowest BCUT2D eigenvalue weighted by molar-refractivity contribution is -0.164. The first-order valence-electron chi connectivity index (χ1n) is 5.08. The van der Waals surface area contributed by atoms with Gasteiger partial charge in [0.15, 0.2) is 0 Å². The molecule has 0 aliphatic carbocycles. The van der Waals surface area contributed by atoms with Gasteiger partial charge >= 0.3 is 6.09 Å². The van der Waals surface area contributed by atoms with Gasteiger partial charge in [-0.2, -0.15) is 0 Å². The molecule has 0 aromatic heterocycles. The second kappa shape index (κ2) is 4.64. The highest BCUT2D eigenvalue weighted by Gasteiger charge is 2.26. The maximum absolute atomic E-state index is 11.6. The summed E-state index contributed by atoms with van der Waals surface area (Å²) in [6, 6.07) is 0. The van der Waals surface area contributed by atoms with E-state index in [1.165, 1.54) is 13.5 Å². The fourth-order valence-corrected chi connectivity index (χ4v) is 1.39. The first kappa shape index (κ1) is 11.3. The maximum atomic E-state index is 11.6. The van der Waals surface area contributed by atoms with Crippen molar-refractivity contribution in [2.75, 3.05) is 20.2 Å². The fourth-order valence-electron chi connectivity index (χ4n) is 1.39. The molecule has 82 valence electrons. The van der Waals surface area contributed by atoms with E-state index < -0.39 is 5.79 Å². The molecular weight excluding hydrogens is 182 g/mol. The van der Waals surface area contributed by atoms with Gasteiger partial charge in [0.1, 0.15) is 0 Å². The second-order valence-electron chi connectivity index (χ2n) is 4.02. The Morgan fingerprint density at radius 1 is 1.21 bits per heavy atom. The smallest absolute Gasteiger partial charge is 0.412 e. The van der Waals surface area contributed by atoms with Crippen LogP contribution in [-0.2, 0) is 9.47 Å². The minimum absolute atomic E-state index is 0.267. The molecule has 1 aliphatic rings. The number of carbonyl (C=O) groups excluding carboxylic acids is 1. The van der Waals surface area contributed by atoms with Crippen LogP contribution in [0.5, 0.6) is 0 Å². The Hall–Kier alpha value is -0.770. The number of methoxy groups -OCH3 is 1. The third-order valence-electron chi connectivity index (χ3n) is 2.44. The van der Waals surface area contributed by atoms with Crippen LogP contribution < -0.4 is 0 Å². The molecule has 1 amide bonds. The molecule has 0 unspecified atom stereocenters. The summed E-state index contributed by atoms with van der Waals surface area (Å²) in [7, 11) is 1.53. The van der Waals surface area contributed by atoms with Gasteiger partial charge in [-0.05, 0) is 19.3 Å². The second-order valence-corrected chi connectivity index (χ2v) is 4.02. The van der Waals surface area contributed by atoms with Crippen LogP contribution in [0.15, 0.2) is 0 Å². The van der Waals surface area contributed by atoms with Gasteiger partial charge in [-0.1, -0.05) is 0 Å². The van der Waals surface area contributed by atoms with Crippen molar-refractivity contribution >= 4 is 6.09 Å². The molecule has 1 rings (SSSR count). The normalized spacial score (nSPS) is 18.1. The number of likely N-dealkylation sites (tertiary alicyclic amines) is 1. The SMILES string of the molecule is COC(C)(C)OC(=O)N1CCCCC1. The molecule has 0 radical (unpaired) electrons. The van der Waals surface area contributed by atoms with E-state index in [2.05, 4.69) is 0 Å². The zero-order valence-corrected chi connectivity index (χ0v) is 9.21. The van der Waals surface area contributed by atoms with Crippen molar-refractivity contribution in [1.29, 1.82) is 0 Å². The zero-order chi connectivity index (χ0) is 10.6. The van der Waals surface area contributed by atoms with E-state index >= 15 is 0 Å². The van der Waals surface area contributed by atoms with E-state index in [-0.39, 0.29) is 6.09 Å². The summed E-state index contributed by atoms with van der Waals surface area (Å²) >= 11 is 0. The van der Waals surface area contributed by atoms with Crippen LogP contribution in [-0.4, -0.2) is 37.0 Å². The van der Waals surface area contributed by atoms with Gasteiger partial charge in [-0.3, -0.25) is 0 Å². The molecule has 1 aliphatic heterocycles. The summed E-state index contributed by atoms with van der Waals surface area (Å²) in [5, 5.41) is 0. The van der Waals surface area contributed by atoms with Gasteiger partial charge in [0.05, 0.1) is 0 Å². The maximum Gasteiger partial charge on any atom is 0.412 e. The molecule has 0 aromatic carbocycles. The molecule has 4 heteroatoms. The molecule has 14 heavy (non-hydrogen) atoms. The highest BCUT2D eigenvalue weighted by atomic mass is 16.7. The highest BCUT2D eigenvalue weighted by Crippen LogP contribution is 2.15. The van der Waals surface area contributed by atoms with Gasteiger partial charge in [-0.25, -0.2) is 4.79 Å². The van der Waals surface area contributed by atoms with Crippen LogP contribution in [0, 0.1) is 0 Å². The lowest BCUT2D eigenvalue weighted by atomic mass is 10.1. The van der Waals surface area contributed by atoms with E-state index in [0.717, 1.165) is 25.9 Å². The average Bonchev–Trinajstić information content (AvgIpc) is 2.19. The number of amides is 1. The molecule has 1 heterocycles. The average molecular weight is 201 g/mol. The van der Waals surface area contributed by atoms with Crippen LogP contribution in [0.3, 0.4) is 0 Å². The monoisotopic (exact) mass is 201 g/mol. The first-order chi connectivity index (χ1) is 6.55. The molecule has 1 saturated heterocycles. The van der Waals surface area contributed by atoms with Gasteiger partial charge in [0, 0.05) is 34.0 Å². The predicted molar refractivity (Wildman–Crippen MR) is 53.0 cm³/mol. The summed E-state index contributed by atoms with van der Waals surface area (Å²) in [4.78, 5) is 13.3. The van der Waals surface area contributed by atoms with Crippen molar-refractivity contribution in [3.8, 4) is 0 Å². The molecule has 1 fully saturated rings. The van der Waals surface area contributed by atoms with E-state index in [4.69, 9.17) is 9.47 Å². The van der Waals surface area contributed by atoms with Crippen LogP contribution in [0.2, 0.25) is 0 Å². The van der Waals surface area contributed by atoms with E-state index in [9.17, 15) is 4.79 Å². The number of carbonyl (C=O) groups is 1. The van der Waals surface area contributed by atoms with Crippen molar-refractivity contribution in [2.24, 2.45) is 0 Å². The number of hydrogen-bond acceptors (Lipinski definition) is 3. The molecule has 0 aromatic rings. The van der Waals surface area contributed by atoms with Gasteiger partial charge in [-0.15, -0.1) is 0 Å². The molecule has 0 atom stereocenters. The quantitative estimate of drug-likeness (QED) is 0.641. The number of ether oxygens (including phenoxy) is 2. The standard InChI is InChI=1S/C10H19NO3/c1-10(2,13-3)14-9(12)11-7-5-4-6-8-11/h4-8H2,1-3H3. The number of piperidine rings is 1. The van der Waals surface area contributed by atoms with Crippen molar-refractivity contribution in [2.45, 2.75) is 38.9 Å². The highest BCUT2D eigenvalue weighted by molar-refractivity contribution is 5.68. The zero-order valence-electron chi connectivity index (χ0n) is 9.21. The minimum atomic E-state index is -0.825. The summed E-state index contributed by atoms with van der Waals surface area (Å²) < 4.78 is 10.2. The Labute approximate surface area is 85.2 Å². The molecule has 0 saturated carbocycles. The summed E-state index contributed by atoms with van der Waals surface area (Å²) in [5.74, 6) is -0.825. The Kier molecular flexibility index (Phi) is 3.75. The molecule has 0 spiro atoms. The van der Waals surface area contributed by atoms with Crippen LogP contribution in [0.25, 0.3) is 0 Å². The van der Waals surface area contributed by atoms with Crippen molar-refractivity contribution in [3.63, 3.8) is 0 Å². The predicted octanol–water partition coefficient (Wildman–Crippen LogP) is 1.99. The molecular formula is C10H19NO3. The lowest BCUT2D eigenvalue weighted by Gasteiger charge is -2.30. The Morgan fingerprint density at radius 2 is 1.79 bits per heavy atom. The van der Waals surface area contributed by atoms with Crippen LogP contribution in [0.4, 0.5) is 4.79 Å². The third kappa shape index (κ3) is 3.18. The van der Waals surface area contributed by atoms with E-state index in [0.29, 0.717) is 0 Å². The number of rotatable bonds is 2. The first-order valence-corrected chi connectivity index (χ1v) is 5.08. The van der Waals surface area contributed by atoms with E-state index in [1.54, 1.807) is 18.7 Å². The van der Waals surface area contributed by atoms with Crippen molar-refractivity contribution in [1.82, 2.24) is 4.90 Å². The van der Waals surface area contributed by atoms with Gasteiger partial charge < -0.3 is 14.4 Å². The van der Waals surface area contributed by atoms with Crippen LogP contribution in [0.1, 0.15) is 33.1 Å². The van der Waals surface area contributed by atoms with Crippen LogP contribution >= 0.6 is 0 Å². The number of nitrogens with zero attached hydrogens (tertiary/aromatic N) is 1. The lowest BCUT2D eigenvalue weighted by Crippen LogP contribution is -2.41.